The zero-order valence-corrected chi connectivity index (χ0v) is 25.7. The van der Waals surface area contributed by atoms with Crippen molar-refractivity contribution in [3.63, 3.8) is 0 Å². The van der Waals surface area contributed by atoms with E-state index in [1.165, 1.54) is 30.3 Å². The van der Waals surface area contributed by atoms with Crippen LogP contribution in [0.25, 0.3) is 0 Å². The number of carboxylic acid groups (broad SMARTS) is 1. The van der Waals surface area contributed by atoms with Crippen molar-refractivity contribution >= 4 is 40.8 Å². The largest absolute Gasteiger partial charge is 0.481 e. The summed E-state index contributed by atoms with van der Waals surface area (Å²) in [7, 11) is 0. The van der Waals surface area contributed by atoms with Gasteiger partial charge in [-0.25, -0.2) is 8.78 Å². The van der Waals surface area contributed by atoms with Crippen molar-refractivity contribution in [2.75, 3.05) is 5.32 Å². The molecule has 3 aromatic carbocycles. The minimum absolute atomic E-state index is 0.00458. The number of aliphatic carboxylic acids is 1. The molecule has 226 valence electrons. The van der Waals surface area contributed by atoms with Crippen LogP contribution >= 0.6 is 23.2 Å². The van der Waals surface area contributed by atoms with Gasteiger partial charge in [0.25, 0.3) is 0 Å². The number of benzene rings is 3. The number of halogens is 4. The number of carbonyl (C=O) groups is 2. The highest BCUT2D eigenvalue weighted by Gasteiger charge is 2.61. The van der Waals surface area contributed by atoms with Crippen molar-refractivity contribution in [1.29, 1.82) is 5.26 Å². The Morgan fingerprint density at radius 1 is 1.12 bits per heavy atom. The van der Waals surface area contributed by atoms with E-state index in [4.69, 9.17) is 23.2 Å². The summed E-state index contributed by atoms with van der Waals surface area (Å²) in [6, 6.07) is 15.1. The number of anilines is 1. The van der Waals surface area contributed by atoms with Crippen molar-refractivity contribution in [3.05, 3.63) is 99.0 Å². The number of nitriles is 1. The zero-order chi connectivity index (χ0) is 31.7. The topological polar surface area (TPSA) is 102 Å². The number of rotatable bonds is 8. The summed E-state index contributed by atoms with van der Waals surface area (Å²) in [5.41, 5.74) is -1.17. The standard InChI is InChI=1S/C33H33Cl2F2N3O3/c1-5-21(31(42)43)18-9-12-20(13-10-18)39-30(41)29-27(22-7-6-8-24(35)28(22)37)33(17-38,26(40-29)16-32(2,3)4)23-14-11-19(34)15-25(23)36/h6-15,21,26-27,29,40H,5,16H2,1-4H3,(H,39,41)(H,42,43)/t21-,26-,27-,29+,33-/m0/s1. The van der Waals surface area contributed by atoms with Crippen molar-refractivity contribution in [2.45, 2.75) is 69.9 Å². The molecule has 1 fully saturated rings. The van der Waals surface area contributed by atoms with Crippen molar-refractivity contribution in [3.8, 4) is 6.07 Å². The van der Waals surface area contributed by atoms with E-state index in [9.17, 15) is 20.0 Å². The summed E-state index contributed by atoms with van der Waals surface area (Å²) in [6.45, 7) is 7.65. The first-order valence-electron chi connectivity index (χ1n) is 13.9. The van der Waals surface area contributed by atoms with Gasteiger partial charge in [0.1, 0.15) is 17.0 Å². The highest BCUT2D eigenvalue weighted by Crippen LogP contribution is 2.53. The molecule has 0 aromatic heterocycles. The normalized spacial score (nSPS) is 22.5. The predicted octanol–water partition coefficient (Wildman–Crippen LogP) is 7.81. The average Bonchev–Trinajstić information content (AvgIpc) is 3.24. The van der Waals surface area contributed by atoms with E-state index in [0.717, 1.165) is 6.07 Å². The summed E-state index contributed by atoms with van der Waals surface area (Å²) in [5.74, 6) is -4.97. The lowest BCUT2D eigenvalue weighted by Crippen LogP contribution is -2.45. The smallest absolute Gasteiger partial charge is 0.310 e. The number of nitrogens with zero attached hydrogens (tertiary/aromatic N) is 1. The monoisotopic (exact) mass is 627 g/mol. The van der Waals surface area contributed by atoms with E-state index >= 15 is 8.78 Å². The summed E-state index contributed by atoms with van der Waals surface area (Å²) < 4.78 is 31.5. The summed E-state index contributed by atoms with van der Waals surface area (Å²) in [5, 5.41) is 26.5. The average molecular weight is 629 g/mol. The molecule has 43 heavy (non-hydrogen) atoms. The van der Waals surface area contributed by atoms with Gasteiger partial charge in [-0.3, -0.25) is 9.59 Å². The number of carbonyl (C=O) groups excluding carboxylic acids is 1. The molecular formula is C33H33Cl2F2N3O3. The Labute approximate surface area is 260 Å². The Balaban J connectivity index is 1.87. The summed E-state index contributed by atoms with van der Waals surface area (Å²) in [6.07, 6.45) is 0.736. The fraction of sp³-hybridized carbons (Fsp3) is 0.364. The van der Waals surface area contributed by atoms with E-state index in [1.807, 2.05) is 20.8 Å². The third kappa shape index (κ3) is 6.40. The second-order valence-electron chi connectivity index (χ2n) is 12.1. The molecule has 0 unspecified atom stereocenters. The fourth-order valence-electron chi connectivity index (χ4n) is 6.13. The van der Waals surface area contributed by atoms with Gasteiger partial charge in [0.15, 0.2) is 0 Å². The molecule has 6 nitrogen and oxygen atoms in total. The molecule has 10 heteroatoms. The van der Waals surface area contributed by atoms with E-state index in [0.29, 0.717) is 24.1 Å². The van der Waals surface area contributed by atoms with E-state index in [2.05, 4.69) is 16.7 Å². The molecule has 3 N–H and O–H groups in total. The van der Waals surface area contributed by atoms with Gasteiger partial charge >= 0.3 is 5.97 Å². The molecule has 4 rings (SSSR count). The fourth-order valence-corrected chi connectivity index (χ4v) is 6.47. The molecule has 1 heterocycles. The van der Waals surface area contributed by atoms with Gasteiger partial charge < -0.3 is 15.7 Å². The first kappa shape index (κ1) is 32.4. The summed E-state index contributed by atoms with van der Waals surface area (Å²) >= 11 is 12.3. The van der Waals surface area contributed by atoms with Gasteiger partial charge in [-0.15, -0.1) is 0 Å². The quantitative estimate of drug-likeness (QED) is 0.236. The minimum atomic E-state index is -1.74. The Morgan fingerprint density at radius 2 is 1.79 bits per heavy atom. The van der Waals surface area contributed by atoms with Crippen LogP contribution in [-0.2, 0) is 15.0 Å². The van der Waals surface area contributed by atoms with Crippen LogP contribution in [-0.4, -0.2) is 29.1 Å². The maximum atomic E-state index is 15.8. The number of hydrogen-bond acceptors (Lipinski definition) is 4. The Kier molecular flexibility index (Phi) is 9.51. The minimum Gasteiger partial charge on any atom is -0.481 e. The maximum absolute atomic E-state index is 15.8. The van der Waals surface area contributed by atoms with Crippen LogP contribution in [0.1, 0.15) is 69.1 Å². The number of nitrogens with one attached hydrogen (secondary N) is 2. The van der Waals surface area contributed by atoms with Gasteiger partial charge in [0.05, 0.1) is 23.1 Å². The third-order valence-electron chi connectivity index (χ3n) is 8.02. The van der Waals surface area contributed by atoms with Crippen LogP contribution in [0.2, 0.25) is 10.0 Å². The molecule has 5 atom stereocenters. The van der Waals surface area contributed by atoms with Crippen molar-refractivity contribution in [2.24, 2.45) is 5.41 Å². The van der Waals surface area contributed by atoms with Crippen molar-refractivity contribution < 1.29 is 23.5 Å². The van der Waals surface area contributed by atoms with Crippen molar-refractivity contribution in [1.82, 2.24) is 5.32 Å². The molecule has 1 saturated heterocycles. The number of carboxylic acids is 1. The Bertz CT molecular complexity index is 1570. The van der Waals surface area contributed by atoms with Gasteiger partial charge in [0.2, 0.25) is 5.91 Å². The lowest BCUT2D eigenvalue weighted by atomic mass is 9.62. The first-order valence-corrected chi connectivity index (χ1v) is 14.7. The van der Waals surface area contributed by atoms with Crippen LogP contribution in [0.5, 0.6) is 0 Å². The Hall–Kier alpha value is -3.51. The lowest BCUT2D eigenvalue weighted by Gasteiger charge is -2.37. The van der Waals surface area contributed by atoms with Crippen LogP contribution in [0.15, 0.2) is 60.7 Å². The van der Waals surface area contributed by atoms with Gasteiger partial charge in [-0.2, -0.15) is 5.26 Å². The van der Waals surface area contributed by atoms with Crippen LogP contribution in [0, 0.1) is 28.4 Å². The van der Waals surface area contributed by atoms with Crippen LogP contribution in [0.4, 0.5) is 14.5 Å². The molecule has 0 radical (unpaired) electrons. The molecule has 0 saturated carbocycles. The second kappa shape index (κ2) is 12.6. The molecule has 1 aliphatic rings. The van der Waals surface area contributed by atoms with Gasteiger partial charge in [0, 0.05) is 28.2 Å². The van der Waals surface area contributed by atoms with Gasteiger partial charge in [-0.1, -0.05) is 81.2 Å². The zero-order valence-electron chi connectivity index (χ0n) is 24.2. The second-order valence-corrected chi connectivity index (χ2v) is 12.9. The number of hydrogen-bond donors (Lipinski definition) is 3. The van der Waals surface area contributed by atoms with E-state index < -0.39 is 52.8 Å². The first-order chi connectivity index (χ1) is 20.2. The highest BCUT2D eigenvalue weighted by atomic mass is 35.5. The molecule has 0 aliphatic carbocycles. The SMILES string of the molecule is CC[C@H](C(=O)O)c1ccc(NC(=O)[C@@H]2N[C@@H](CC(C)(C)C)[C@](C#N)(c3ccc(Cl)cc3F)[C@H]2c2cccc(Cl)c2F)cc1. The number of amides is 1. The van der Waals surface area contributed by atoms with E-state index in [1.54, 1.807) is 31.2 Å². The Morgan fingerprint density at radius 3 is 2.35 bits per heavy atom. The molecule has 1 amide bonds. The predicted molar refractivity (Wildman–Crippen MR) is 163 cm³/mol. The molecule has 1 aliphatic heterocycles. The van der Waals surface area contributed by atoms with Crippen LogP contribution < -0.4 is 10.6 Å². The van der Waals surface area contributed by atoms with E-state index in [-0.39, 0.29) is 26.6 Å². The lowest BCUT2D eigenvalue weighted by molar-refractivity contribution is -0.138. The maximum Gasteiger partial charge on any atom is 0.310 e. The summed E-state index contributed by atoms with van der Waals surface area (Å²) in [4.78, 5) is 25.6. The highest BCUT2D eigenvalue weighted by molar-refractivity contribution is 6.31. The molecule has 0 bridgehead atoms. The molecule has 3 aromatic rings. The van der Waals surface area contributed by atoms with Crippen LogP contribution in [0.3, 0.4) is 0 Å². The molecular weight excluding hydrogens is 595 g/mol. The van der Waals surface area contributed by atoms with Gasteiger partial charge in [-0.05, 0) is 59.7 Å². The molecule has 0 spiro atoms. The third-order valence-corrected chi connectivity index (χ3v) is 8.55.